The van der Waals surface area contributed by atoms with Crippen molar-refractivity contribution in [2.45, 2.75) is 354 Å². The average Bonchev–Trinajstić information content (AvgIpc) is 0.918. The van der Waals surface area contributed by atoms with E-state index in [2.05, 4.69) is 137 Å². The molecule has 0 aliphatic carbocycles. The maximum absolute atomic E-state index is 13.1. The van der Waals surface area contributed by atoms with Crippen molar-refractivity contribution in [3.05, 3.63) is 122 Å². The number of phosphoric ester groups is 2. The van der Waals surface area contributed by atoms with Crippen molar-refractivity contribution < 1.29 is 80.2 Å². The molecule has 0 bridgehead atoms. The lowest BCUT2D eigenvalue weighted by molar-refractivity contribution is -0.161. The molecule has 0 aromatic carbocycles. The number of ether oxygens (including phenoxy) is 4. The molecule has 0 heterocycles. The van der Waals surface area contributed by atoms with Gasteiger partial charge in [0.25, 0.3) is 0 Å². The first-order chi connectivity index (χ1) is 50.7. The van der Waals surface area contributed by atoms with Gasteiger partial charge in [-0.2, -0.15) is 0 Å². The van der Waals surface area contributed by atoms with E-state index in [1.807, 2.05) is 12.2 Å². The summed E-state index contributed by atoms with van der Waals surface area (Å²) in [5.74, 6) is -2.30. The van der Waals surface area contributed by atoms with Crippen LogP contribution in [0.2, 0.25) is 0 Å². The summed E-state index contributed by atoms with van der Waals surface area (Å²) in [6.45, 7) is 4.69. The van der Waals surface area contributed by atoms with E-state index in [9.17, 15) is 43.2 Å². The summed E-state index contributed by atoms with van der Waals surface area (Å²) in [6, 6.07) is 0. The van der Waals surface area contributed by atoms with Crippen LogP contribution in [-0.2, 0) is 65.4 Å². The predicted octanol–water partition coefficient (Wildman–Crippen LogP) is 23.9. The summed E-state index contributed by atoms with van der Waals surface area (Å²) in [5.41, 5.74) is 0. The van der Waals surface area contributed by atoms with Crippen molar-refractivity contribution in [1.82, 2.24) is 0 Å². The number of hydrogen-bond acceptors (Lipinski definition) is 15. The van der Waals surface area contributed by atoms with Gasteiger partial charge in [-0.15, -0.1) is 0 Å². The highest BCUT2D eigenvalue weighted by Gasteiger charge is 2.30. The lowest BCUT2D eigenvalue weighted by Gasteiger charge is -2.21. The molecule has 17 nitrogen and oxygen atoms in total. The third-order valence-corrected chi connectivity index (χ3v) is 18.8. The Bertz CT molecular complexity index is 2440. The number of hydrogen-bond donors (Lipinski definition) is 3. The molecule has 0 fully saturated rings. The summed E-state index contributed by atoms with van der Waals surface area (Å²) in [6.07, 6.45) is 84.7. The van der Waals surface area contributed by atoms with E-state index in [0.29, 0.717) is 32.1 Å². The second-order valence-corrected chi connectivity index (χ2v) is 29.9. The number of aliphatic hydroxyl groups is 1. The fraction of sp³-hybridized carbons (Fsp3) is 0.718. The Kier molecular flexibility index (Phi) is 73.3. The quantitative estimate of drug-likeness (QED) is 0.0169. The van der Waals surface area contributed by atoms with Crippen LogP contribution in [0.4, 0.5) is 0 Å². The number of unbranched alkanes of at least 4 members (excludes halogenated alkanes) is 30. The first kappa shape index (κ1) is 99.5. The Morgan fingerprint density at radius 1 is 0.269 bits per heavy atom. The Labute approximate surface area is 632 Å². The van der Waals surface area contributed by atoms with Crippen LogP contribution in [0.3, 0.4) is 0 Å². The molecule has 0 saturated heterocycles. The fourth-order valence-electron chi connectivity index (χ4n) is 10.6. The highest BCUT2D eigenvalue weighted by atomic mass is 31.2. The van der Waals surface area contributed by atoms with Gasteiger partial charge in [0.05, 0.1) is 26.4 Å². The molecule has 0 saturated carbocycles. The van der Waals surface area contributed by atoms with E-state index in [4.69, 9.17) is 37.0 Å². The molecular formula is C85H146O17P2. The maximum atomic E-state index is 13.1. The average molecular weight is 1500 g/mol. The van der Waals surface area contributed by atoms with Crippen molar-refractivity contribution in [1.29, 1.82) is 0 Å². The molecule has 104 heavy (non-hydrogen) atoms. The zero-order chi connectivity index (χ0) is 76.0. The van der Waals surface area contributed by atoms with Crippen LogP contribution in [0.5, 0.6) is 0 Å². The van der Waals surface area contributed by atoms with E-state index in [1.54, 1.807) is 0 Å². The van der Waals surface area contributed by atoms with Gasteiger partial charge in [-0.1, -0.05) is 278 Å². The van der Waals surface area contributed by atoms with E-state index in [-0.39, 0.29) is 25.7 Å². The zero-order valence-corrected chi connectivity index (χ0v) is 67.2. The van der Waals surface area contributed by atoms with Crippen LogP contribution < -0.4 is 0 Å². The van der Waals surface area contributed by atoms with Crippen molar-refractivity contribution in [3.8, 4) is 0 Å². The van der Waals surface area contributed by atoms with Crippen LogP contribution in [-0.4, -0.2) is 96.7 Å². The van der Waals surface area contributed by atoms with Gasteiger partial charge >= 0.3 is 39.5 Å². The van der Waals surface area contributed by atoms with Crippen LogP contribution in [0.25, 0.3) is 0 Å². The monoisotopic (exact) mass is 1500 g/mol. The van der Waals surface area contributed by atoms with Crippen LogP contribution in [0.15, 0.2) is 122 Å². The number of aliphatic hydroxyl groups excluding tert-OH is 1. The van der Waals surface area contributed by atoms with Crippen LogP contribution in [0, 0.1) is 0 Å². The largest absolute Gasteiger partial charge is 0.472 e. The molecule has 0 aromatic rings. The summed E-state index contributed by atoms with van der Waals surface area (Å²) in [5, 5.41) is 10.6. The lowest BCUT2D eigenvalue weighted by atomic mass is 10.1. The van der Waals surface area contributed by atoms with Crippen molar-refractivity contribution in [2.75, 3.05) is 39.6 Å². The molecule has 0 aromatic heterocycles. The number of rotatable bonds is 76. The topological polar surface area (TPSA) is 237 Å². The summed E-state index contributed by atoms with van der Waals surface area (Å²) in [4.78, 5) is 73.0. The first-order valence-electron chi connectivity index (χ1n) is 40.8. The molecule has 5 atom stereocenters. The minimum Gasteiger partial charge on any atom is -0.462 e. The predicted molar refractivity (Wildman–Crippen MR) is 427 cm³/mol. The van der Waals surface area contributed by atoms with Crippen LogP contribution >= 0.6 is 15.6 Å². The minimum atomic E-state index is -5.00. The van der Waals surface area contributed by atoms with E-state index >= 15 is 0 Å². The van der Waals surface area contributed by atoms with Crippen LogP contribution in [0.1, 0.15) is 336 Å². The third kappa shape index (κ3) is 75.7. The van der Waals surface area contributed by atoms with Gasteiger partial charge < -0.3 is 33.8 Å². The van der Waals surface area contributed by atoms with Gasteiger partial charge in [0.15, 0.2) is 12.2 Å². The Hall–Kier alpha value is -4.54. The molecule has 0 rings (SSSR count). The van der Waals surface area contributed by atoms with Gasteiger partial charge in [0, 0.05) is 25.7 Å². The smallest absolute Gasteiger partial charge is 0.462 e. The van der Waals surface area contributed by atoms with Crippen molar-refractivity contribution in [2.24, 2.45) is 0 Å². The molecule has 0 radical (unpaired) electrons. The Balaban J connectivity index is 5.44. The summed E-state index contributed by atoms with van der Waals surface area (Å²) >= 11 is 0. The number of esters is 4. The first-order valence-corrected chi connectivity index (χ1v) is 43.8. The zero-order valence-electron chi connectivity index (χ0n) is 65.4. The van der Waals surface area contributed by atoms with E-state index in [1.165, 1.54) is 83.5 Å². The highest BCUT2D eigenvalue weighted by Crippen LogP contribution is 2.45. The fourth-order valence-corrected chi connectivity index (χ4v) is 12.2. The van der Waals surface area contributed by atoms with E-state index in [0.717, 1.165) is 167 Å². The minimum absolute atomic E-state index is 0.0330. The molecule has 0 amide bonds. The van der Waals surface area contributed by atoms with E-state index < -0.39 is 97.5 Å². The number of phosphoric acid groups is 2. The maximum Gasteiger partial charge on any atom is 0.472 e. The lowest BCUT2D eigenvalue weighted by Crippen LogP contribution is -2.30. The van der Waals surface area contributed by atoms with Gasteiger partial charge in [-0.05, 0) is 154 Å². The number of carbonyl (C=O) groups excluding carboxylic acids is 4. The molecule has 0 aliphatic heterocycles. The molecule has 3 unspecified atom stereocenters. The van der Waals surface area contributed by atoms with Gasteiger partial charge in [-0.3, -0.25) is 37.3 Å². The Morgan fingerprint density at radius 3 is 0.808 bits per heavy atom. The molecule has 598 valence electrons. The summed E-state index contributed by atoms with van der Waals surface area (Å²) < 4.78 is 68.6. The number of allylic oxidation sites excluding steroid dienone is 20. The number of carbonyl (C=O) groups is 4. The standard InChI is InChI=1S/C85H146O17P2/c1-5-9-13-17-21-25-29-33-37-38-39-40-44-46-50-54-58-62-66-70-83(88)96-76-81(102-85(90)72-68-64-60-56-52-48-43-36-32-28-24-20-16-12-8-4)78-100-104(93,94)98-74-79(86)73-97-103(91,92)99-77-80(101-84(89)71-67-63-59-55-51-47-42-35-31-27-23-19-15-11-7-3)75-95-82(87)69-65-61-57-53-49-45-41-34-30-26-22-18-14-10-6-2/h21-22,24-28,31,33-34,36-37,39-41,43,46,50,58,62,79-81,86H,5-20,23,29-30,32,35,38,42,44-45,47-49,51-57,59-61,63-78H2,1-4H3,(H,91,92)(H,93,94)/t79?,80-,81-/m1/s1. The molecule has 3 N–H and O–H groups in total. The van der Waals surface area contributed by atoms with Gasteiger partial charge in [0.2, 0.25) is 0 Å². The second kappa shape index (κ2) is 76.6. The molecule has 19 heteroatoms. The van der Waals surface area contributed by atoms with Crippen molar-refractivity contribution in [3.63, 3.8) is 0 Å². The molecular weight excluding hydrogens is 1350 g/mol. The summed E-state index contributed by atoms with van der Waals surface area (Å²) in [7, 11) is -9.99. The molecule has 0 aliphatic rings. The van der Waals surface area contributed by atoms with Crippen molar-refractivity contribution >= 4 is 39.5 Å². The Morgan fingerprint density at radius 2 is 0.490 bits per heavy atom. The second-order valence-electron chi connectivity index (χ2n) is 27.0. The SMILES string of the molecule is CCCCCC=CCC=CCC=CCC=CCC=CCCC(=O)OC[C@H](COP(=O)(O)OCC(O)COP(=O)(O)OC[C@@H](COC(=O)CCCCCCCC=CCC=CCCCCC)OC(=O)CCCCCCCCCC=CCCCCCC)OC(=O)CCCCCCCC=CCC=CCCCCC. The van der Waals surface area contributed by atoms with Gasteiger partial charge in [-0.25, -0.2) is 9.13 Å². The third-order valence-electron chi connectivity index (χ3n) is 16.9. The highest BCUT2D eigenvalue weighted by molar-refractivity contribution is 7.47. The molecule has 0 spiro atoms. The normalized spacial score (nSPS) is 14.5. The van der Waals surface area contributed by atoms with Gasteiger partial charge in [0.1, 0.15) is 19.3 Å².